The SMILES string of the molecule is CC(C)COc1ccc(C(=O)O)cc1[C@H]1C[C@@](C)(NC(=O)CCO)C[C@@H](c2cccc(Cl)c2)O1. The molecule has 0 unspecified atom stereocenters. The maximum absolute atomic E-state index is 12.4. The normalized spacial score (nSPS) is 22.4. The van der Waals surface area contributed by atoms with Crippen LogP contribution < -0.4 is 10.1 Å². The molecule has 184 valence electrons. The van der Waals surface area contributed by atoms with Crippen molar-refractivity contribution in [2.75, 3.05) is 13.2 Å². The molecule has 1 saturated heterocycles. The number of carbonyl (C=O) groups excluding carboxylic acids is 1. The minimum Gasteiger partial charge on any atom is -0.493 e. The number of hydrogen-bond donors (Lipinski definition) is 3. The zero-order valence-corrected chi connectivity index (χ0v) is 20.5. The molecule has 0 saturated carbocycles. The molecule has 3 rings (SSSR count). The Kier molecular flexibility index (Phi) is 8.57. The summed E-state index contributed by atoms with van der Waals surface area (Å²) in [5.74, 6) is -0.468. The van der Waals surface area contributed by atoms with Gasteiger partial charge in [0.25, 0.3) is 0 Å². The fourth-order valence-corrected chi connectivity index (χ4v) is 4.41. The van der Waals surface area contributed by atoms with Gasteiger partial charge in [-0.2, -0.15) is 0 Å². The topological polar surface area (TPSA) is 105 Å². The van der Waals surface area contributed by atoms with E-state index in [1.807, 2.05) is 39.0 Å². The number of rotatable bonds is 9. The molecule has 1 amide bonds. The Balaban J connectivity index is 2.03. The second-order valence-corrected chi connectivity index (χ2v) is 9.86. The highest BCUT2D eigenvalue weighted by Crippen LogP contribution is 2.46. The van der Waals surface area contributed by atoms with Crippen LogP contribution in [0.2, 0.25) is 5.02 Å². The fraction of sp³-hybridized carbons (Fsp3) is 0.462. The number of nitrogens with one attached hydrogen (secondary N) is 1. The molecule has 2 aromatic carbocycles. The molecule has 0 spiro atoms. The molecule has 3 N–H and O–H groups in total. The third kappa shape index (κ3) is 6.72. The lowest BCUT2D eigenvalue weighted by atomic mass is 9.81. The lowest BCUT2D eigenvalue weighted by Crippen LogP contribution is -2.51. The van der Waals surface area contributed by atoms with Crippen molar-refractivity contribution < 1.29 is 29.3 Å². The third-order valence-corrected chi connectivity index (χ3v) is 6.01. The van der Waals surface area contributed by atoms with Gasteiger partial charge in [0.15, 0.2) is 0 Å². The molecule has 0 aliphatic carbocycles. The first kappa shape index (κ1) is 26.0. The first-order chi connectivity index (χ1) is 16.1. The zero-order valence-electron chi connectivity index (χ0n) is 19.7. The number of carboxylic acid groups (broad SMARTS) is 1. The lowest BCUT2D eigenvalue weighted by Gasteiger charge is -2.43. The van der Waals surface area contributed by atoms with Crippen LogP contribution in [0.15, 0.2) is 42.5 Å². The number of amides is 1. The summed E-state index contributed by atoms with van der Waals surface area (Å²) in [7, 11) is 0. The average molecular weight is 490 g/mol. The predicted octanol–water partition coefficient (Wildman–Crippen LogP) is 4.92. The molecule has 2 aromatic rings. The van der Waals surface area contributed by atoms with Crippen molar-refractivity contribution in [2.45, 2.75) is 57.8 Å². The van der Waals surface area contributed by atoms with Gasteiger partial charge in [0, 0.05) is 35.4 Å². The van der Waals surface area contributed by atoms with Gasteiger partial charge in [0.1, 0.15) is 5.75 Å². The summed E-state index contributed by atoms with van der Waals surface area (Å²) in [6.07, 6.45) is -0.0494. The van der Waals surface area contributed by atoms with E-state index in [2.05, 4.69) is 5.32 Å². The summed E-state index contributed by atoms with van der Waals surface area (Å²) in [5.41, 5.74) is 0.941. The molecule has 0 radical (unpaired) electrons. The Morgan fingerprint density at radius 2 is 1.94 bits per heavy atom. The summed E-state index contributed by atoms with van der Waals surface area (Å²) in [5, 5.41) is 22.4. The van der Waals surface area contributed by atoms with Gasteiger partial charge in [0.2, 0.25) is 5.91 Å². The van der Waals surface area contributed by atoms with Crippen LogP contribution in [-0.2, 0) is 9.53 Å². The summed E-state index contributed by atoms with van der Waals surface area (Å²) in [6, 6.07) is 12.1. The van der Waals surface area contributed by atoms with Crippen molar-refractivity contribution in [3.8, 4) is 5.75 Å². The Hall–Kier alpha value is -2.61. The van der Waals surface area contributed by atoms with Gasteiger partial charge in [0.05, 0.1) is 31.0 Å². The number of carbonyl (C=O) groups is 2. The van der Waals surface area contributed by atoms with Gasteiger partial charge < -0.3 is 25.0 Å². The van der Waals surface area contributed by atoms with Crippen LogP contribution in [0.25, 0.3) is 0 Å². The summed E-state index contributed by atoms with van der Waals surface area (Å²) < 4.78 is 12.5. The van der Waals surface area contributed by atoms with E-state index < -0.39 is 23.7 Å². The highest BCUT2D eigenvalue weighted by atomic mass is 35.5. The molecule has 3 atom stereocenters. The number of carboxylic acids is 1. The van der Waals surface area contributed by atoms with Gasteiger partial charge in [-0.05, 0) is 48.7 Å². The molecule has 7 nitrogen and oxygen atoms in total. The number of aliphatic hydroxyl groups is 1. The predicted molar refractivity (Wildman–Crippen MR) is 129 cm³/mol. The average Bonchev–Trinajstić information content (AvgIpc) is 2.76. The molecule has 8 heteroatoms. The first-order valence-corrected chi connectivity index (χ1v) is 11.8. The highest BCUT2D eigenvalue weighted by Gasteiger charge is 2.41. The van der Waals surface area contributed by atoms with Crippen LogP contribution >= 0.6 is 11.6 Å². The quantitative estimate of drug-likeness (QED) is 0.461. The molecule has 1 aliphatic heterocycles. The maximum atomic E-state index is 12.4. The number of benzene rings is 2. The van der Waals surface area contributed by atoms with E-state index in [0.29, 0.717) is 35.8 Å². The monoisotopic (exact) mass is 489 g/mol. The molecule has 1 aliphatic rings. The molecule has 1 heterocycles. The molecular formula is C26H32ClNO6. The van der Waals surface area contributed by atoms with Gasteiger partial charge in [-0.15, -0.1) is 0 Å². The van der Waals surface area contributed by atoms with Gasteiger partial charge >= 0.3 is 5.97 Å². The number of aromatic carboxylic acids is 1. The Morgan fingerprint density at radius 1 is 1.21 bits per heavy atom. The molecular weight excluding hydrogens is 458 g/mol. The smallest absolute Gasteiger partial charge is 0.335 e. The highest BCUT2D eigenvalue weighted by molar-refractivity contribution is 6.30. The summed E-state index contributed by atoms with van der Waals surface area (Å²) >= 11 is 6.23. The Labute approximate surface area is 205 Å². The van der Waals surface area contributed by atoms with E-state index in [9.17, 15) is 19.8 Å². The van der Waals surface area contributed by atoms with Crippen LogP contribution in [0, 0.1) is 5.92 Å². The van der Waals surface area contributed by atoms with Crippen LogP contribution in [0.4, 0.5) is 0 Å². The minimum atomic E-state index is -1.04. The van der Waals surface area contributed by atoms with E-state index in [1.165, 1.54) is 6.07 Å². The summed E-state index contributed by atoms with van der Waals surface area (Å²) in [6.45, 7) is 6.23. The van der Waals surface area contributed by atoms with E-state index in [1.54, 1.807) is 18.2 Å². The van der Waals surface area contributed by atoms with Crippen LogP contribution in [-0.4, -0.2) is 40.8 Å². The number of hydrogen-bond acceptors (Lipinski definition) is 5. The largest absolute Gasteiger partial charge is 0.493 e. The lowest BCUT2D eigenvalue weighted by molar-refractivity contribution is -0.129. The van der Waals surface area contributed by atoms with E-state index >= 15 is 0 Å². The van der Waals surface area contributed by atoms with Gasteiger partial charge in [-0.25, -0.2) is 4.79 Å². The second-order valence-electron chi connectivity index (χ2n) is 9.42. The minimum absolute atomic E-state index is 0.000193. The van der Waals surface area contributed by atoms with E-state index in [4.69, 9.17) is 21.1 Å². The van der Waals surface area contributed by atoms with Crippen molar-refractivity contribution in [3.05, 3.63) is 64.2 Å². The van der Waals surface area contributed by atoms with Crippen LogP contribution in [0.5, 0.6) is 5.75 Å². The first-order valence-electron chi connectivity index (χ1n) is 11.4. The van der Waals surface area contributed by atoms with Crippen LogP contribution in [0.1, 0.15) is 73.7 Å². The van der Waals surface area contributed by atoms with Crippen molar-refractivity contribution in [1.82, 2.24) is 5.32 Å². The fourth-order valence-electron chi connectivity index (χ4n) is 4.21. The van der Waals surface area contributed by atoms with E-state index in [-0.39, 0.29) is 30.4 Å². The Morgan fingerprint density at radius 3 is 2.59 bits per heavy atom. The number of halogens is 1. The van der Waals surface area contributed by atoms with Gasteiger partial charge in [-0.1, -0.05) is 37.6 Å². The zero-order chi connectivity index (χ0) is 24.9. The molecule has 0 bridgehead atoms. The maximum Gasteiger partial charge on any atom is 0.335 e. The summed E-state index contributed by atoms with van der Waals surface area (Å²) in [4.78, 5) is 24.1. The third-order valence-electron chi connectivity index (χ3n) is 5.78. The molecule has 0 aromatic heterocycles. The van der Waals surface area contributed by atoms with Crippen molar-refractivity contribution >= 4 is 23.5 Å². The van der Waals surface area contributed by atoms with Crippen molar-refractivity contribution in [3.63, 3.8) is 0 Å². The van der Waals surface area contributed by atoms with Crippen LogP contribution in [0.3, 0.4) is 0 Å². The second kappa shape index (κ2) is 11.2. The Bertz CT molecular complexity index is 1030. The molecule has 1 fully saturated rings. The van der Waals surface area contributed by atoms with Gasteiger partial charge in [-0.3, -0.25) is 4.79 Å². The molecule has 34 heavy (non-hydrogen) atoms. The number of aliphatic hydroxyl groups excluding tert-OH is 1. The van der Waals surface area contributed by atoms with E-state index in [0.717, 1.165) is 5.56 Å². The standard InChI is InChI=1S/C26H32ClNO6/c1-16(2)15-33-21-8-7-18(25(31)32)12-20(21)23-14-26(3,28-24(30)9-10-29)13-22(34-23)17-5-4-6-19(27)11-17/h4-8,11-12,16,22-23,29H,9-10,13-15H2,1-3H3,(H,28,30)(H,31,32)/t22-,23+,26-/m0/s1. The van der Waals surface area contributed by atoms with Crippen molar-refractivity contribution in [2.24, 2.45) is 5.92 Å². The van der Waals surface area contributed by atoms with Crippen molar-refractivity contribution in [1.29, 1.82) is 0 Å². The number of ether oxygens (including phenoxy) is 2.